The smallest absolute Gasteiger partial charge is 0.189 e. The normalized spacial score (nSPS) is 12.5. The summed E-state index contributed by atoms with van der Waals surface area (Å²) in [5, 5.41) is 15.0. The molecule has 266 valence electrons. The lowest BCUT2D eigenvalue weighted by atomic mass is 9.85. The number of hydrogen-bond donors (Lipinski definition) is 1. The van der Waals surface area contributed by atoms with Crippen LogP contribution in [0.2, 0.25) is 0 Å². The van der Waals surface area contributed by atoms with Crippen molar-refractivity contribution in [3.8, 4) is 17.2 Å². The van der Waals surface area contributed by atoms with Gasteiger partial charge in [0.1, 0.15) is 17.2 Å². The summed E-state index contributed by atoms with van der Waals surface area (Å²) >= 11 is 0. The molecular formula is C40H59O7P. The van der Waals surface area contributed by atoms with E-state index in [9.17, 15) is 5.11 Å². The van der Waals surface area contributed by atoms with Gasteiger partial charge in [0, 0.05) is 41.3 Å². The molecule has 0 aliphatic carbocycles. The number of rotatable bonds is 15. The molecule has 7 nitrogen and oxygen atoms in total. The van der Waals surface area contributed by atoms with E-state index in [0.29, 0.717) is 32.2 Å². The van der Waals surface area contributed by atoms with Crippen LogP contribution in [-0.2, 0) is 35.2 Å². The molecule has 0 unspecified atom stereocenters. The molecule has 0 radical (unpaired) electrons. The minimum Gasteiger partial charge on any atom is -0.507 e. The van der Waals surface area contributed by atoms with Crippen LogP contribution in [0.15, 0.2) is 42.5 Å². The largest absolute Gasteiger partial charge is 0.507 e. The van der Waals surface area contributed by atoms with Gasteiger partial charge in [0.2, 0.25) is 0 Å². The Balaban J connectivity index is 2.48. The van der Waals surface area contributed by atoms with Crippen molar-refractivity contribution < 1.29 is 33.5 Å². The number of hydrogen-bond acceptors (Lipinski definition) is 7. The maximum atomic E-state index is 12.2. The van der Waals surface area contributed by atoms with Gasteiger partial charge in [0.05, 0.1) is 26.4 Å². The molecule has 0 heterocycles. The Kier molecular flexibility index (Phi) is 13.9. The van der Waals surface area contributed by atoms with Gasteiger partial charge in [-0.3, -0.25) is 0 Å². The van der Waals surface area contributed by atoms with Gasteiger partial charge in [0.25, 0.3) is 0 Å². The third kappa shape index (κ3) is 10.2. The van der Waals surface area contributed by atoms with Crippen molar-refractivity contribution in [2.24, 2.45) is 0 Å². The van der Waals surface area contributed by atoms with Crippen molar-refractivity contribution in [1.82, 2.24) is 0 Å². The predicted molar refractivity (Wildman–Crippen MR) is 199 cm³/mol. The second-order valence-electron chi connectivity index (χ2n) is 15.4. The summed E-state index contributed by atoms with van der Waals surface area (Å²) < 4.78 is 35.4. The Labute approximate surface area is 291 Å². The van der Waals surface area contributed by atoms with Crippen LogP contribution in [0, 0.1) is 13.8 Å². The van der Waals surface area contributed by atoms with E-state index >= 15 is 0 Å². The number of phenols is 1. The van der Waals surface area contributed by atoms with Gasteiger partial charge in [0.15, 0.2) is 13.6 Å². The SMILES string of the molecule is COCCOCOc1c(P(c2cccc(C(C)(C)C)c2O)c2cc(C)cc(C(C)(C)C)c2OCOCCOC)cc(C)cc1C(C)(C)C. The molecule has 1 N–H and O–H groups in total. The van der Waals surface area contributed by atoms with Gasteiger partial charge in [-0.25, -0.2) is 0 Å². The maximum Gasteiger partial charge on any atom is 0.189 e. The van der Waals surface area contributed by atoms with Crippen LogP contribution in [0.5, 0.6) is 17.2 Å². The average Bonchev–Trinajstić information content (AvgIpc) is 2.97. The number of ether oxygens (including phenoxy) is 6. The fourth-order valence-electron chi connectivity index (χ4n) is 5.57. The Bertz CT molecular complexity index is 1410. The molecular weight excluding hydrogens is 623 g/mol. The summed E-state index contributed by atoms with van der Waals surface area (Å²) in [7, 11) is 1.86. The van der Waals surface area contributed by atoms with Gasteiger partial charge >= 0.3 is 0 Å². The lowest BCUT2D eigenvalue weighted by molar-refractivity contribution is -0.00871. The Morgan fingerprint density at radius 2 is 0.979 bits per heavy atom. The summed E-state index contributed by atoms with van der Waals surface area (Å²) in [4.78, 5) is 0. The lowest BCUT2D eigenvalue weighted by Crippen LogP contribution is -2.30. The van der Waals surface area contributed by atoms with Crippen molar-refractivity contribution in [1.29, 1.82) is 0 Å². The Hall–Kier alpha value is -2.67. The van der Waals surface area contributed by atoms with Gasteiger partial charge in [-0.1, -0.05) is 92.6 Å². The molecule has 0 aliphatic rings. The number of aromatic hydroxyl groups is 1. The van der Waals surface area contributed by atoms with Crippen LogP contribution < -0.4 is 25.4 Å². The number of phenolic OH excluding ortho intramolecular Hbond substituents is 1. The molecule has 0 saturated carbocycles. The number of para-hydroxylation sites is 1. The van der Waals surface area contributed by atoms with Crippen molar-refractivity contribution in [2.75, 3.05) is 54.2 Å². The van der Waals surface area contributed by atoms with Crippen molar-refractivity contribution in [2.45, 2.75) is 92.4 Å². The minimum absolute atomic E-state index is 0.0669. The van der Waals surface area contributed by atoms with Crippen LogP contribution in [0.3, 0.4) is 0 Å². The van der Waals surface area contributed by atoms with Crippen molar-refractivity contribution in [3.63, 3.8) is 0 Å². The third-order valence-electron chi connectivity index (χ3n) is 8.03. The Morgan fingerprint density at radius 3 is 1.35 bits per heavy atom. The standard InChI is InChI=1S/C40H59O7P/c1-27-21-30(39(6,7)8)36(46-25-44-19-17-42-12)33(23-27)48(32-16-14-15-29(35(32)41)38(3,4)5)34-24-28(2)22-31(40(9,10)11)37(34)47-26-45-20-18-43-13/h14-16,21-24,41H,17-20,25-26H2,1-13H3. The molecule has 0 spiro atoms. The molecule has 0 bridgehead atoms. The van der Waals surface area contributed by atoms with Crippen LogP contribution in [0.25, 0.3) is 0 Å². The number of benzene rings is 3. The number of methoxy groups -OCH3 is 2. The highest BCUT2D eigenvalue weighted by Gasteiger charge is 2.34. The molecule has 3 aromatic carbocycles. The molecule has 0 fully saturated rings. The first-order valence-corrected chi connectivity index (χ1v) is 18.1. The second kappa shape index (κ2) is 16.8. The van der Waals surface area contributed by atoms with E-state index in [-0.39, 0.29) is 29.8 Å². The van der Waals surface area contributed by atoms with E-state index in [2.05, 4.69) is 106 Å². The second-order valence-corrected chi connectivity index (χ2v) is 17.5. The zero-order valence-electron chi connectivity index (χ0n) is 31.6. The highest BCUT2D eigenvalue weighted by molar-refractivity contribution is 7.80. The van der Waals surface area contributed by atoms with E-state index in [4.69, 9.17) is 28.4 Å². The van der Waals surface area contributed by atoms with Gasteiger partial charge in [-0.2, -0.15) is 0 Å². The van der Waals surface area contributed by atoms with Crippen LogP contribution in [0.4, 0.5) is 0 Å². The first-order chi connectivity index (χ1) is 22.4. The van der Waals surface area contributed by atoms with Crippen LogP contribution in [0.1, 0.15) is 90.1 Å². The molecule has 48 heavy (non-hydrogen) atoms. The number of aryl methyl sites for hydroxylation is 2. The van der Waals surface area contributed by atoms with Crippen molar-refractivity contribution in [3.05, 3.63) is 70.3 Å². The zero-order valence-corrected chi connectivity index (χ0v) is 32.5. The van der Waals surface area contributed by atoms with E-state index in [1.165, 1.54) is 0 Å². The summed E-state index contributed by atoms with van der Waals surface area (Å²) in [6.45, 7) is 25.7. The average molecular weight is 683 g/mol. The van der Waals surface area contributed by atoms with E-state index in [1.807, 2.05) is 12.1 Å². The first kappa shape index (κ1) is 39.8. The predicted octanol–water partition coefficient (Wildman–Crippen LogP) is 7.66. The Morgan fingerprint density at radius 1 is 0.562 bits per heavy atom. The lowest BCUT2D eigenvalue weighted by Gasteiger charge is -2.33. The van der Waals surface area contributed by atoms with Gasteiger partial charge in [-0.15, -0.1) is 0 Å². The molecule has 0 amide bonds. The van der Waals surface area contributed by atoms with Gasteiger partial charge in [-0.05, 0) is 66.8 Å². The highest BCUT2D eigenvalue weighted by atomic mass is 31.1. The minimum atomic E-state index is -1.45. The molecule has 0 aliphatic heterocycles. The zero-order chi connectivity index (χ0) is 35.9. The maximum absolute atomic E-state index is 12.2. The fourth-order valence-corrected chi connectivity index (χ4v) is 8.36. The quantitative estimate of drug-likeness (QED) is 0.100. The third-order valence-corrected chi connectivity index (χ3v) is 10.5. The van der Waals surface area contributed by atoms with Crippen LogP contribution >= 0.6 is 7.92 Å². The summed E-state index contributed by atoms with van der Waals surface area (Å²) in [5.41, 5.74) is 4.48. The molecule has 0 saturated heterocycles. The molecule has 3 aromatic rings. The summed E-state index contributed by atoms with van der Waals surface area (Å²) in [6.07, 6.45) is 0. The van der Waals surface area contributed by atoms with Gasteiger partial charge < -0.3 is 33.5 Å². The van der Waals surface area contributed by atoms with Crippen molar-refractivity contribution >= 4 is 23.8 Å². The molecule has 0 atom stereocenters. The highest BCUT2D eigenvalue weighted by Crippen LogP contribution is 2.48. The van der Waals surface area contributed by atoms with E-state index in [0.717, 1.165) is 55.2 Å². The van der Waals surface area contributed by atoms with Crippen LogP contribution in [-0.4, -0.2) is 59.3 Å². The molecule has 3 rings (SSSR count). The molecule has 0 aromatic heterocycles. The topological polar surface area (TPSA) is 75.6 Å². The fraction of sp³-hybridized carbons (Fsp3) is 0.550. The monoisotopic (exact) mass is 682 g/mol. The summed E-state index contributed by atoms with van der Waals surface area (Å²) in [5.74, 6) is 1.81. The van der Waals surface area contributed by atoms with E-state index < -0.39 is 7.92 Å². The molecule has 8 heteroatoms. The first-order valence-electron chi connectivity index (χ1n) is 16.7. The van der Waals surface area contributed by atoms with E-state index in [1.54, 1.807) is 14.2 Å². The summed E-state index contributed by atoms with van der Waals surface area (Å²) in [6, 6.07) is 14.9.